The van der Waals surface area contributed by atoms with Crippen molar-refractivity contribution in [3.05, 3.63) is 59.1 Å². The van der Waals surface area contributed by atoms with Crippen molar-refractivity contribution in [1.82, 2.24) is 5.32 Å². The molecule has 0 aliphatic carbocycles. The summed E-state index contributed by atoms with van der Waals surface area (Å²) in [5.41, 5.74) is 1.13. The van der Waals surface area contributed by atoms with E-state index in [1.807, 2.05) is 19.1 Å². The zero-order valence-electron chi connectivity index (χ0n) is 12.6. The van der Waals surface area contributed by atoms with Crippen LogP contribution in [0.25, 0.3) is 0 Å². The number of hydrogen-bond acceptors (Lipinski definition) is 3. The molecule has 0 unspecified atom stereocenters. The van der Waals surface area contributed by atoms with E-state index in [1.165, 1.54) is 11.8 Å². The molecule has 120 valence electrons. The largest absolute Gasteiger partial charge is 0.352 e. The van der Waals surface area contributed by atoms with Crippen molar-refractivity contribution in [2.75, 3.05) is 17.6 Å². The van der Waals surface area contributed by atoms with Crippen LogP contribution in [0.1, 0.15) is 17.3 Å². The number of rotatable bonds is 6. The summed E-state index contributed by atoms with van der Waals surface area (Å²) in [5.74, 6) is 0.00431. The molecule has 2 rings (SSSR count). The number of halogens is 1. The van der Waals surface area contributed by atoms with E-state index in [-0.39, 0.29) is 17.6 Å². The van der Waals surface area contributed by atoms with Crippen LogP contribution in [0.2, 0.25) is 5.02 Å². The van der Waals surface area contributed by atoms with Gasteiger partial charge in [-0.15, -0.1) is 11.8 Å². The predicted octanol–water partition coefficient (Wildman–Crippen LogP) is 3.82. The molecule has 2 aromatic carbocycles. The number of benzene rings is 2. The molecule has 4 nitrogen and oxygen atoms in total. The molecule has 0 aliphatic heterocycles. The Labute approximate surface area is 144 Å². The summed E-state index contributed by atoms with van der Waals surface area (Å²) in [6.45, 7) is 2.42. The summed E-state index contributed by atoms with van der Waals surface area (Å²) in [4.78, 5) is 24.8. The first-order valence-electron chi connectivity index (χ1n) is 7.15. The SMILES string of the molecule is CCNC(=O)c1cccc(NC(=O)CSc2ccc(Cl)cc2)c1. The molecular weight excluding hydrogens is 332 g/mol. The lowest BCUT2D eigenvalue weighted by atomic mass is 10.2. The van der Waals surface area contributed by atoms with Gasteiger partial charge in [0.05, 0.1) is 5.75 Å². The van der Waals surface area contributed by atoms with Gasteiger partial charge in [-0.05, 0) is 49.4 Å². The Kier molecular flexibility index (Phi) is 6.50. The molecule has 0 aromatic heterocycles. The minimum absolute atomic E-state index is 0.127. The Morgan fingerprint density at radius 1 is 1.13 bits per heavy atom. The fourth-order valence-electron chi connectivity index (χ4n) is 1.88. The Morgan fingerprint density at radius 2 is 1.87 bits per heavy atom. The average molecular weight is 349 g/mol. The molecule has 0 fully saturated rings. The maximum absolute atomic E-state index is 12.0. The molecule has 0 bridgehead atoms. The molecule has 23 heavy (non-hydrogen) atoms. The van der Waals surface area contributed by atoms with Crippen LogP contribution in [-0.2, 0) is 4.79 Å². The number of hydrogen-bond donors (Lipinski definition) is 2. The first-order valence-corrected chi connectivity index (χ1v) is 8.51. The fraction of sp³-hybridized carbons (Fsp3) is 0.176. The van der Waals surface area contributed by atoms with Crippen LogP contribution in [0.15, 0.2) is 53.4 Å². The highest BCUT2D eigenvalue weighted by Gasteiger charge is 2.07. The Bertz CT molecular complexity index is 689. The quantitative estimate of drug-likeness (QED) is 0.780. The lowest BCUT2D eigenvalue weighted by Crippen LogP contribution is -2.23. The molecule has 2 amide bonds. The minimum atomic E-state index is -0.154. The van der Waals surface area contributed by atoms with Gasteiger partial charge in [0.1, 0.15) is 0 Å². The minimum Gasteiger partial charge on any atom is -0.352 e. The van der Waals surface area contributed by atoms with Gasteiger partial charge in [0.25, 0.3) is 5.91 Å². The second-order valence-corrected chi connectivity index (χ2v) is 6.22. The maximum atomic E-state index is 12.0. The van der Waals surface area contributed by atoms with E-state index < -0.39 is 0 Å². The second kappa shape index (κ2) is 8.60. The van der Waals surface area contributed by atoms with E-state index in [4.69, 9.17) is 11.6 Å². The van der Waals surface area contributed by atoms with Crippen LogP contribution < -0.4 is 10.6 Å². The smallest absolute Gasteiger partial charge is 0.251 e. The van der Waals surface area contributed by atoms with Crippen molar-refractivity contribution in [2.45, 2.75) is 11.8 Å². The zero-order valence-corrected chi connectivity index (χ0v) is 14.2. The highest BCUT2D eigenvalue weighted by atomic mass is 35.5. The molecule has 0 atom stereocenters. The van der Waals surface area contributed by atoms with Gasteiger partial charge in [-0.2, -0.15) is 0 Å². The molecule has 0 heterocycles. The zero-order chi connectivity index (χ0) is 16.7. The molecule has 0 saturated carbocycles. The van der Waals surface area contributed by atoms with Crippen molar-refractivity contribution < 1.29 is 9.59 Å². The van der Waals surface area contributed by atoms with E-state index in [1.54, 1.807) is 36.4 Å². The van der Waals surface area contributed by atoms with Crippen LogP contribution >= 0.6 is 23.4 Å². The normalized spacial score (nSPS) is 10.2. The van der Waals surface area contributed by atoms with Crippen LogP contribution in [0.5, 0.6) is 0 Å². The van der Waals surface area contributed by atoms with Gasteiger partial charge in [0.2, 0.25) is 5.91 Å². The molecule has 2 N–H and O–H groups in total. The molecule has 0 saturated heterocycles. The van der Waals surface area contributed by atoms with Gasteiger partial charge >= 0.3 is 0 Å². The Balaban J connectivity index is 1.91. The lowest BCUT2D eigenvalue weighted by Gasteiger charge is -2.07. The van der Waals surface area contributed by atoms with Gasteiger partial charge in [-0.1, -0.05) is 17.7 Å². The van der Waals surface area contributed by atoms with Crippen LogP contribution in [0.4, 0.5) is 5.69 Å². The topological polar surface area (TPSA) is 58.2 Å². The monoisotopic (exact) mass is 348 g/mol. The summed E-state index contributed by atoms with van der Waals surface area (Å²) in [6.07, 6.45) is 0. The van der Waals surface area contributed by atoms with Gasteiger partial charge in [0, 0.05) is 27.7 Å². The molecule has 6 heteroatoms. The third-order valence-corrected chi connectivity index (χ3v) is 4.19. The maximum Gasteiger partial charge on any atom is 0.251 e. The highest BCUT2D eigenvalue weighted by molar-refractivity contribution is 8.00. The van der Waals surface area contributed by atoms with Gasteiger partial charge in [0.15, 0.2) is 0 Å². The predicted molar refractivity (Wildman–Crippen MR) is 95.3 cm³/mol. The van der Waals surface area contributed by atoms with E-state index >= 15 is 0 Å². The van der Waals surface area contributed by atoms with Crippen molar-refractivity contribution >= 4 is 40.9 Å². The van der Waals surface area contributed by atoms with E-state index in [2.05, 4.69) is 10.6 Å². The molecule has 0 aliphatic rings. The molecule has 0 radical (unpaired) electrons. The fourth-order valence-corrected chi connectivity index (χ4v) is 2.70. The van der Waals surface area contributed by atoms with Crippen LogP contribution in [-0.4, -0.2) is 24.1 Å². The number of thioether (sulfide) groups is 1. The summed E-state index contributed by atoms with van der Waals surface area (Å²) < 4.78 is 0. The standard InChI is InChI=1S/C17H17ClN2O2S/c1-2-19-17(22)12-4-3-5-14(10-12)20-16(21)11-23-15-8-6-13(18)7-9-15/h3-10H,2,11H2,1H3,(H,19,22)(H,20,21). The van der Waals surface area contributed by atoms with Crippen LogP contribution in [0.3, 0.4) is 0 Å². The molecule has 0 spiro atoms. The molecular formula is C17H17ClN2O2S. The van der Waals surface area contributed by atoms with E-state index in [9.17, 15) is 9.59 Å². The number of carbonyl (C=O) groups is 2. The Hall–Kier alpha value is -1.98. The highest BCUT2D eigenvalue weighted by Crippen LogP contribution is 2.20. The number of amides is 2. The summed E-state index contributed by atoms with van der Waals surface area (Å²) in [5, 5.41) is 6.19. The number of anilines is 1. The van der Waals surface area contributed by atoms with Crippen molar-refractivity contribution in [3.8, 4) is 0 Å². The Morgan fingerprint density at radius 3 is 2.57 bits per heavy atom. The lowest BCUT2D eigenvalue weighted by molar-refractivity contribution is -0.113. The first kappa shape index (κ1) is 17.4. The van der Waals surface area contributed by atoms with Gasteiger partial charge < -0.3 is 10.6 Å². The average Bonchev–Trinajstić information content (AvgIpc) is 2.55. The summed E-state index contributed by atoms with van der Waals surface area (Å²) in [7, 11) is 0. The summed E-state index contributed by atoms with van der Waals surface area (Å²) >= 11 is 7.25. The van der Waals surface area contributed by atoms with Gasteiger partial charge in [-0.3, -0.25) is 9.59 Å². The number of carbonyl (C=O) groups excluding carboxylic acids is 2. The van der Waals surface area contributed by atoms with Crippen molar-refractivity contribution in [3.63, 3.8) is 0 Å². The third kappa shape index (κ3) is 5.62. The van der Waals surface area contributed by atoms with E-state index in [0.717, 1.165) is 4.90 Å². The van der Waals surface area contributed by atoms with Crippen molar-refractivity contribution in [2.24, 2.45) is 0 Å². The van der Waals surface area contributed by atoms with Gasteiger partial charge in [-0.25, -0.2) is 0 Å². The molecule has 2 aromatic rings. The second-order valence-electron chi connectivity index (χ2n) is 4.73. The first-order chi connectivity index (χ1) is 11.1. The van der Waals surface area contributed by atoms with Crippen molar-refractivity contribution in [1.29, 1.82) is 0 Å². The van der Waals surface area contributed by atoms with E-state index in [0.29, 0.717) is 22.8 Å². The van der Waals surface area contributed by atoms with Crippen LogP contribution in [0, 0.1) is 0 Å². The summed E-state index contributed by atoms with van der Waals surface area (Å²) in [6, 6.07) is 14.2. The third-order valence-electron chi connectivity index (χ3n) is 2.93. The number of nitrogens with one attached hydrogen (secondary N) is 2.